The van der Waals surface area contributed by atoms with Crippen molar-refractivity contribution < 1.29 is 0 Å². The largest absolute Gasteiger partial charge is 0.103 e. The van der Waals surface area contributed by atoms with Gasteiger partial charge in [-0.05, 0) is 6.42 Å². The summed E-state index contributed by atoms with van der Waals surface area (Å²) < 4.78 is 0. The standard InChI is InChI=1S/C4H8.C3H8.3C2H6/c1-3-4-2;1-3-2;3*1-2/h3H,1,4H2,2H3;3H2,1-2H3;3*1-2H3. The molecule has 0 aliphatic rings. The lowest BCUT2D eigenvalue weighted by Crippen LogP contribution is -1.36. The number of hydrogen-bond donors (Lipinski definition) is 0. The van der Waals surface area contributed by atoms with Gasteiger partial charge >= 0.3 is 0 Å². The average molecular weight is 190 g/mol. The van der Waals surface area contributed by atoms with Gasteiger partial charge < -0.3 is 0 Å². The molecule has 0 saturated heterocycles. The highest BCUT2D eigenvalue weighted by molar-refractivity contribution is 4.60. The van der Waals surface area contributed by atoms with Gasteiger partial charge in [0.2, 0.25) is 0 Å². The normalized spacial score (nSPS) is 4.69. The molecule has 0 fully saturated rings. The van der Waals surface area contributed by atoms with E-state index in [0.29, 0.717) is 0 Å². The first kappa shape index (κ1) is 29.3. The maximum atomic E-state index is 3.48. The summed E-state index contributed by atoms with van der Waals surface area (Å²) >= 11 is 0. The van der Waals surface area contributed by atoms with Gasteiger partial charge in [0.1, 0.15) is 0 Å². The molecule has 0 aromatic heterocycles. The van der Waals surface area contributed by atoms with E-state index in [1.165, 1.54) is 6.42 Å². The second-order valence-corrected chi connectivity index (χ2v) is 1.40. The van der Waals surface area contributed by atoms with Crippen molar-refractivity contribution in [2.24, 2.45) is 0 Å². The molecule has 0 N–H and O–H groups in total. The van der Waals surface area contributed by atoms with Gasteiger partial charge in [-0.25, -0.2) is 0 Å². The molecule has 13 heavy (non-hydrogen) atoms. The Hall–Kier alpha value is -0.260. The summed E-state index contributed by atoms with van der Waals surface area (Å²) in [4.78, 5) is 0. The Labute approximate surface area is 88.5 Å². The molecule has 86 valence electrons. The molecule has 0 bridgehead atoms. The van der Waals surface area contributed by atoms with Crippen LogP contribution in [0.25, 0.3) is 0 Å². The van der Waals surface area contributed by atoms with Crippen LogP contribution in [0.2, 0.25) is 0 Å². The van der Waals surface area contributed by atoms with E-state index >= 15 is 0 Å². The van der Waals surface area contributed by atoms with Crippen LogP contribution in [0.4, 0.5) is 0 Å². The molecule has 0 spiro atoms. The lowest BCUT2D eigenvalue weighted by molar-refractivity contribution is 1.09. The highest BCUT2D eigenvalue weighted by Crippen LogP contribution is 1.66. The minimum Gasteiger partial charge on any atom is -0.103 e. The SMILES string of the molecule is C=CCC.CC.CC.CC.CCC. The van der Waals surface area contributed by atoms with Gasteiger partial charge in [-0.15, -0.1) is 6.58 Å². The van der Waals surface area contributed by atoms with Gasteiger partial charge in [-0.3, -0.25) is 0 Å². The summed E-state index contributed by atoms with van der Waals surface area (Å²) in [5.41, 5.74) is 0. The van der Waals surface area contributed by atoms with Crippen molar-refractivity contribution in [3.63, 3.8) is 0 Å². The first-order chi connectivity index (χ1) is 6.33. The van der Waals surface area contributed by atoms with E-state index in [-0.39, 0.29) is 0 Å². The molecular formula is C13H34. The van der Waals surface area contributed by atoms with Gasteiger partial charge in [0, 0.05) is 0 Å². The van der Waals surface area contributed by atoms with E-state index in [4.69, 9.17) is 0 Å². The van der Waals surface area contributed by atoms with Gasteiger partial charge in [0.05, 0.1) is 0 Å². The Balaban J connectivity index is -0.0000000215. The average Bonchev–Trinajstić information content (AvgIpc) is 2.27. The zero-order valence-corrected chi connectivity index (χ0v) is 11.7. The molecule has 0 rings (SSSR count). The lowest BCUT2D eigenvalue weighted by atomic mass is 10.5. The van der Waals surface area contributed by atoms with Crippen LogP contribution in [0.3, 0.4) is 0 Å². The molecule has 0 radical (unpaired) electrons. The zero-order valence-electron chi connectivity index (χ0n) is 11.7. The summed E-state index contributed by atoms with van der Waals surface area (Å²) in [6.07, 6.45) is 4.21. The molecule has 0 aliphatic carbocycles. The Morgan fingerprint density at radius 2 is 0.846 bits per heavy atom. The van der Waals surface area contributed by atoms with Crippen molar-refractivity contribution >= 4 is 0 Å². The number of hydrogen-bond acceptors (Lipinski definition) is 0. The van der Waals surface area contributed by atoms with E-state index in [0.717, 1.165) is 6.42 Å². The van der Waals surface area contributed by atoms with Crippen molar-refractivity contribution in [2.75, 3.05) is 0 Å². The summed E-state index contributed by atoms with van der Waals surface area (Å²) in [6.45, 7) is 21.8. The summed E-state index contributed by atoms with van der Waals surface area (Å²) in [6, 6.07) is 0. The number of rotatable bonds is 1. The maximum absolute atomic E-state index is 3.48. The Bertz CT molecular complexity index is 21.2. The molecule has 0 aromatic rings. The molecule has 0 unspecified atom stereocenters. The Kier molecular flexibility index (Phi) is 407. The molecule has 0 heterocycles. The van der Waals surface area contributed by atoms with Crippen molar-refractivity contribution in [1.29, 1.82) is 0 Å². The second-order valence-electron chi connectivity index (χ2n) is 1.40. The van der Waals surface area contributed by atoms with Crippen molar-refractivity contribution in [2.45, 2.75) is 75.2 Å². The smallest absolute Gasteiger partial charge is 0.0382 e. The van der Waals surface area contributed by atoms with E-state index in [1.54, 1.807) is 0 Å². The van der Waals surface area contributed by atoms with Crippen LogP contribution in [-0.4, -0.2) is 0 Å². The molecule has 0 heteroatoms. The van der Waals surface area contributed by atoms with Crippen molar-refractivity contribution in [1.82, 2.24) is 0 Å². The summed E-state index contributed by atoms with van der Waals surface area (Å²) in [7, 11) is 0. The molecule has 0 aromatic carbocycles. The molecule has 0 aliphatic heterocycles. The first-order valence-electron chi connectivity index (χ1n) is 5.94. The minimum absolute atomic E-state index is 1.08. The lowest BCUT2D eigenvalue weighted by Gasteiger charge is -1.57. The van der Waals surface area contributed by atoms with E-state index < -0.39 is 0 Å². The predicted molar refractivity (Wildman–Crippen MR) is 70.5 cm³/mol. The van der Waals surface area contributed by atoms with Crippen molar-refractivity contribution in [3.05, 3.63) is 12.7 Å². The fourth-order valence-corrected chi connectivity index (χ4v) is 0. The van der Waals surface area contributed by atoms with E-state index in [2.05, 4.69) is 27.4 Å². The summed E-state index contributed by atoms with van der Waals surface area (Å²) in [5, 5.41) is 0. The van der Waals surface area contributed by atoms with Crippen LogP contribution >= 0.6 is 0 Å². The summed E-state index contributed by atoms with van der Waals surface area (Å²) in [5.74, 6) is 0. The van der Waals surface area contributed by atoms with Gasteiger partial charge in [-0.1, -0.05) is 74.8 Å². The molecule has 0 atom stereocenters. The fraction of sp³-hybridized carbons (Fsp3) is 0.846. The maximum Gasteiger partial charge on any atom is -0.0382 e. The Morgan fingerprint density at radius 3 is 0.846 bits per heavy atom. The van der Waals surface area contributed by atoms with Crippen LogP contribution < -0.4 is 0 Å². The fourth-order valence-electron chi connectivity index (χ4n) is 0. The molecular weight excluding hydrogens is 156 g/mol. The highest BCUT2D eigenvalue weighted by atomic mass is 13.5. The molecule has 0 saturated carbocycles. The zero-order chi connectivity index (χ0) is 12.1. The second kappa shape index (κ2) is 180. The number of allylic oxidation sites excluding steroid dienone is 1. The molecule has 0 nitrogen and oxygen atoms in total. The van der Waals surface area contributed by atoms with Gasteiger partial charge in [0.25, 0.3) is 0 Å². The van der Waals surface area contributed by atoms with E-state index in [1.807, 2.05) is 47.6 Å². The van der Waals surface area contributed by atoms with Crippen LogP contribution in [0.1, 0.15) is 75.2 Å². The minimum atomic E-state index is 1.08. The van der Waals surface area contributed by atoms with Crippen LogP contribution in [0.15, 0.2) is 12.7 Å². The quantitative estimate of drug-likeness (QED) is 0.440. The van der Waals surface area contributed by atoms with Crippen LogP contribution in [0.5, 0.6) is 0 Å². The molecule has 0 amide bonds. The first-order valence-corrected chi connectivity index (χ1v) is 5.94. The monoisotopic (exact) mass is 190 g/mol. The van der Waals surface area contributed by atoms with E-state index in [9.17, 15) is 0 Å². The van der Waals surface area contributed by atoms with Crippen LogP contribution in [0, 0.1) is 0 Å². The Morgan fingerprint density at radius 1 is 0.769 bits per heavy atom. The predicted octanol–water partition coefficient (Wildman–Crippen LogP) is 6.08. The van der Waals surface area contributed by atoms with Gasteiger partial charge in [0.15, 0.2) is 0 Å². The highest BCUT2D eigenvalue weighted by Gasteiger charge is 1.45. The third-order valence-corrected chi connectivity index (χ3v) is 0.289. The third-order valence-electron chi connectivity index (χ3n) is 0.289. The topological polar surface area (TPSA) is 0 Å². The van der Waals surface area contributed by atoms with Crippen molar-refractivity contribution in [3.8, 4) is 0 Å². The third kappa shape index (κ3) is 2030. The van der Waals surface area contributed by atoms with Crippen LogP contribution in [-0.2, 0) is 0 Å². The van der Waals surface area contributed by atoms with Gasteiger partial charge in [-0.2, -0.15) is 0 Å².